The summed E-state index contributed by atoms with van der Waals surface area (Å²) < 4.78 is 2.20. The molecule has 0 unspecified atom stereocenters. The van der Waals surface area contributed by atoms with Gasteiger partial charge in [0, 0.05) is 30.2 Å². The van der Waals surface area contributed by atoms with E-state index in [1.165, 1.54) is 11.1 Å². The Labute approximate surface area is 129 Å². The lowest BCUT2D eigenvalue weighted by molar-refractivity contribution is 0.774. The minimum Gasteiger partial charge on any atom is -0.324 e. The maximum Gasteiger partial charge on any atom is 0.141 e. The van der Waals surface area contributed by atoms with Gasteiger partial charge in [0.05, 0.1) is 0 Å². The van der Waals surface area contributed by atoms with Gasteiger partial charge >= 0.3 is 0 Å². The van der Waals surface area contributed by atoms with Crippen molar-refractivity contribution in [3.05, 3.63) is 70.8 Å². The molecule has 0 spiro atoms. The highest BCUT2D eigenvalue weighted by molar-refractivity contribution is 6.29. The lowest BCUT2D eigenvalue weighted by Crippen LogP contribution is -2.05. The summed E-state index contributed by atoms with van der Waals surface area (Å²) in [5.41, 5.74) is 4.68. The smallest absolute Gasteiger partial charge is 0.141 e. The molecule has 21 heavy (non-hydrogen) atoms. The average Bonchev–Trinajstić information content (AvgIpc) is 2.84. The first-order valence-electron chi connectivity index (χ1n) is 6.83. The van der Waals surface area contributed by atoms with Crippen molar-refractivity contribution >= 4 is 11.6 Å². The summed E-state index contributed by atoms with van der Waals surface area (Å²) in [6, 6.07) is 12.1. The van der Waals surface area contributed by atoms with Crippen molar-refractivity contribution < 1.29 is 0 Å². The normalized spacial score (nSPS) is 10.8. The number of imidazole rings is 1. The van der Waals surface area contributed by atoms with Gasteiger partial charge in [0.25, 0.3) is 0 Å². The molecule has 0 amide bonds. The van der Waals surface area contributed by atoms with E-state index < -0.39 is 0 Å². The summed E-state index contributed by atoms with van der Waals surface area (Å²) in [4.78, 5) is 8.66. The van der Waals surface area contributed by atoms with E-state index in [2.05, 4.69) is 52.6 Å². The highest BCUT2D eigenvalue weighted by Gasteiger charge is 2.11. The van der Waals surface area contributed by atoms with Gasteiger partial charge in [-0.2, -0.15) is 0 Å². The molecule has 4 heteroatoms. The third-order valence-corrected chi connectivity index (χ3v) is 3.85. The molecule has 2 aromatic heterocycles. The Hall–Kier alpha value is -2.13. The first-order chi connectivity index (χ1) is 10.1. The van der Waals surface area contributed by atoms with Crippen LogP contribution in [0.25, 0.3) is 11.4 Å². The number of benzene rings is 1. The summed E-state index contributed by atoms with van der Waals surface area (Å²) in [6.45, 7) is 5.00. The van der Waals surface area contributed by atoms with Crippen LogP contribution in [0.4, 0.5) is 0 Å². The molecule has 0 aliphatic rings. The van der Waals surface area contributed by atoms with E-state index >= 15 is 0 Å². The van der Waals surface area contributed by atoms with Crippen LogP contribution in [0.3, 0.4) is 0 Å². The van der Waals surface area contributed by atoms with Crippen molar-refractivity contribution in [2.24, 2.45) is 0 Å². The fourth-order valence-electron chi connectivity index (χ4n) is 2.36. The van der Waals surface area contributed by atoms with Crippen molar-refractivity contribution in [3.63, 3.8) is 0 Å². The molecular weight excluding hydrogens is 282 g/mol. The van der Waals surface area contributed by atoms with Crippen LogP contribution in [0, 0.1) is 13.8 Å². The zero-order valence-corrected chi connectivity index (χ0v) is 12.8. The number of rotatable bonds is 3. The minimum absolute atomic E-state index is 0.493. The quantitative estimate of drug-likeness (QED) is 0.676. The lowest BCUT2D eigenvalue weighted by Gasteiger charge is -2.12. The van der Waals surface area contributed by atoms with Crippen molar-refractivity contribution in [3.8, 4) is 11.4 Å². The molecule has 3 nitrogen and oxygen atoms in total. The number of hydrogen-bond donors (Lipinski definition) is 0. The van der Waals surface area contributed by atoms with Gasteiger partial charge in [0.1, 0.15) is 11.0 Å². The molecule has 1 aromatic carbocycles. The van der Waals surface area contributed by atoms with E-state index in [0.717, 1.165) is 23.6 Å². The monoisotopic (exact) mass is 297 g/mol. The minimum atomic E-state index is 0.493. The van der Waals surface area contributed by atoms with E-state index in [9.17, 15) is 0 Å². The van der Waals surface area contributed by atoms with Gasteiger partial charge in [-0.1, -0.05) is 35.9 Å². The maximum atomic E-state index is 5.86. The number of aryl methyl sites for hydroxylation is 2. The van der Waals surface area contributed by atoms with Gasteiger partial charge in [0.2, 0.25) is 0 Å². The molecule has 3 aromatic rings. The molecule has 0 saturated carbocycles. The van der Waals surface area contributed by atoms with Crippen LogP contribution in [0.15, 0.2) is 48.8 Å². The molecule has 3 rings (SSSR count). The van der Waals surface area contributed by atoms with Gasteiger partial charge in [-0.05, 0) is 37.1 Å². The summed E-state index contributed by atoms with van der Waals surface area (Å²) >= 11 is 5.86. The highest BCUT2D eigenvalue weighted by Crippen LogP contribution is 2.22. The Morgan fingerprint density at radius 2 is 1.81 bits per heavy atom. The van der Waals surface area contributed by atoms with E-state index in [1.54, 1.807) is 12.3 Å². The topological polar surface area (TPSA) is 30.7 Å². The summed E-state index contributed by atoms with van der Waals surface area (Å²) in [7, 11) is 0. The largest absolute Gasteiger partial charge is 0.324 e. The summed E-state index contributed by atoms with van der Waals surface area (Å²) in [5.74, 6) is 0.917. The third kappa shape index (κ3) is 2.83. The van der Waals surface area contributed by atoms with Gasteiger partial charge in [-0.15, -0.1) is 0 Å². The van der Waals surface area contributed by atoms with Gasteiger partial charge in [-0.3, -0.25) is 0 Å². The summed E-state index contributed by atoms with van der Waals surface area (Å²) in [5, 5.41) is 0.493. The predicted molar refractivity (Wildman–Crippen MR) is 85.5 cm³/mol. The van der Waals surface area contributed by atoms with E-state index in [-0.39, 0.29) is 0 Å². The van der Waals surface area contributed by atoms with Crippen molar-refractivity contribution in [1.29, 1.82) is 0 Å². The fraction of sp³-hybridized carbons (Fsp3) is 0.176. The molecule has 0 fully saturated rings. The molecule has 0 N–H and O–H groups in total. The highest BCUT2D eigenvalue weighted by atomic mass is 35.5. The van der Waals surface area contributed by atoms with E-state index in [4.69, 9.17) is 11.6 Å². The Kier molecular flexibility index (Phi) is 3.76. The van der Waals surface area contributed by atoms with Crippen LogP contribution in [-0.2, 0) is 6.54 Å². The number of halogens is 1. The Morgan fingerprint density at radius 1 is 1.00 bits per heavy atom. The standard InChI is InChI=1S/C17H16ClN3/c1-12-5-3-4-6-15(12)11-21-13(2)9-20-17(21)14-7-8-16(18)19-10-14/h3-10H,11H2,1-2H3. The lowest BCUT2D eigenvalue weighted by atomic mass is 10.1. The van der Waals surface area contributed by atoms with E-state index in [0.29, 0.717) is 5.15 Å². The zero-order valence-electron chi connectivity index (χ0n) is 12.0. The van der Waals surface area contributed by atoms with E-state index in [1.807, 2.05) is 12.3 Å². The van der Waals surface area contributed by atoms with Crippen molar-refractivity contribution in [2.45, 2.75) is 20.4 Å². The molecule has 0 bridgehead atoms. The second kappa shape index (κ2) is 5.70. The zero-order chi connectivity index (χ0) is 14.8. The number of aromatic nitrogens is 3. The van der Waals surface area contributed by atoms with Gasteiger partial charge in [-0.25, -0.2) is 9.97 Å². The summed E-state index contributed by atoms with van der Waals surface area (Å²) in [6.07, 6.45) is 3.65. The van der Waals surface area contributed by atoms with Crippen LogP contribution in [0.5, 0.6) is 0 Å². The third-order valence-electron chi connectivity index (χ3n) is 3.63. The van der Waals surface area contributed by atoms with Crippen LogP contribution in [0.2, 0.25) is 5.15 Å². The van der Waals surface area contributed by atoms with Gasteiger partial charge in [0.15, 0.2) is 0 Å². The first-order valence-corrected chi connectivity index (χ1v) is 7.21. The van der Waals surface area contributed by atoms with Crippen molar-refractivity contribution in [2.75, 3.05) is 0 Å². The Morgan fingerprint density at radius 3 is 2.52 bits per heavy atom. The van der Waals surface area contributed by atoms with Crippen LogP contribution in [-0.4, -0.2) is 14.5 Å². The predicted octanol–water partition coefficient (Wildman–Crippen LogP) is 4.26. The van der Waals surface area contributed by atoms with Crippen LogP contribution < -0.4 is 0 Å². The number of hydrogen-bond acceptors (Lipinski definition) is 2. The Bertz CT molecular complexity index is 760. The van der Waals surface area contributed by atoms with Gasteiger partial charge < -0.3 is 4.57 Å². The second-order valence-corrected chi connectivity index (χ2v) is 5.49. The molecule has 2 heterocycles. The molecule has 0 aliphatic carbocycles. The molecule has 0 radical (unpaired) electrons. The SMILES string of the molecule is Cc1ccccc1Cn1c(C)cnc1-c1ccc(Cl)nc1. The average molecular weight is 298 g/mol. The molecule has 106 valence electrons. The number of pyridine rings is 1. The van der Waals surface area contributed by atoms with Crippen LogP contribution >= 0.6 is 11.6 Å². The van der Waals surface area contributed by atoms with Crippen molar-refractivity contribution in [1.82, 2.24) is 14.5 Å². The molecule has 0 saturated heterocycles. The molecular formula is C17H16ClN3. The molecule has 0 aliphatic heterocycles. The fourth-order valence-corrected chi connectivity index (χ4v) is 2.47. The second-order valence-electron chi connectivity index (χ2n) is 5.11. The van der Waals surface area contributed by atoms with Crippen LogP contribution in [0.1, 0.15) is 16.8 Å². The first kappa shape index (κ1) is 13.8. The number of nitrogens with zero attached hydrogens (tertiary/aromatic N) is 3. The molecule has 0 atom stereocenters. The Balaban J connectivity index is 2.01. The maximum absolute atomic E-state index is 5.86.